The Balaban J connectivity index is 0.00000288. The topological polar surface area (TPSA) is 92.5 Å². The van der Waals surface area contributed by atoms with Gasteiger partial charge < -0.3 is 10.6 Å². The van der Waals surface area contributed by atoms with Crippen molar-refractivity contribution in [1.82, 2.24) is 15.6 Å². The molecule has 1 aromatic heterocycles. The lowest BCUT2D eigenvalue weighted by atomic mass is 10.2. The third-order valence-electron chi connectivity index (χ3n) is 3.25. The van der Waals surface area contributed by atoms with Crippen LogP contribution in [0.4, 0.5) is 5.69 Å². The van der Waals surface area contributed by atoms with Gasteiger partial charge in [0.05, 0.1) is 22.2 Å². The van der Waals surface area contributed by atoms with Gasteiger partial charge in [0.2, 0.25) is 0 Å². The number of nitro groups is 1. The lowest BCUT2D eigenvalue weighted by Gasteiger charge is -2.11. The van der Waals surface area contributed by atoms with Crippen molar-refractivity contribution in [3.05, 3.63) is 55.5 Å². The highest BCUT2D eigenvalue weighted by Crippen LogP contribution is 2.16. The summed E-state index contributed by atoms with van der Waals surface area (Å²) in [6.07, 6.45) is 0. The zero-order chi connectivity index (χ0) is 16.8. The van der Waals surface area contributed by atoms with Gasteiger partial charge in [-0.05, 0) is 19.4 Å². The van der Waals surface area contributed by atoms with Crippen LogP contribution >= 0.6 is 35.3 Å². The van der Waals surface area contributed by atoms with Crippen LogP contribution in [0, 0.1) is 24.0 Å². The Bertz CT molecular complexity index is 715. The molecule has 0 atom stereocenters. The second-order valence-electron chi connectivity index (χ2n) is 4.94. The molecule has 0 fully saturated rings. The number of hydrogen-bond donors (Lipinski definition) is 2. The van der Waals surface area contributed by atoms with E-state index < -0.39 is 4.92 Å². The van der Waals surface area contributed by atoms with Gasteiger partial charge in [-0.15, -0.1) is 35.3 Å². The number of aromatic nitrogens is 1. The summed E-state index contributed by atoms with van der Waals surface area (Å²) in [4.78, 5) is 20.0. The Kier molecular flexibility index (Phi) is 8.05. The van der Waals surface area contributed by atoms with E-state index in [0.717, 1.165) is 16.3 Å². The summed E-state index contributed by atoms with van der Waals surface area (Å²) in [6.45, 7) is 5.19. The molecule has 0 spiro atoms. The molecular formula is C15H20IN5O2S. The zero-order valence-corrected chi connectivity index (χ0v) is 16.8. The van der Waals surface area contributed by atoms with Gasteiger partial charge in [0.15, 0.2) is 5.96 Å². The molecule has 0 bridgehead atoms. The maximum absolute atomic E-state index is 10.6. The average molecular weight is 461 g/mol. The highest BCUT2D eigenvalue weighted by atomic mass is 127. The first kappa shape index (κ1) is 20.3. The van der Waals surface area contributed by atoms with Crippen molar-refractivity contribution >= 4 is 47.0 Å². The summed E-state index contributed by atoms with van der Waals surface area (Å²) in [5, 5.41) is 18.1. The number of nitrogens with zero attached hydrogens (tertiary/aromatic N) is 3. The van der Waals surface area contributed by atoms with Gasteiger partial charge in [-0.3, -0.25) is 15.1 Å². The molecule has 2 rings (SSSR count). The van der Waals surface area contributed by atoms with Gasteiger partial charge in [-0.25, -0.2) is 4.98 Å². The lowest BCUT2D eigenvalue weighted by Crippen LogP contribution is -2.36. The van der Waals surface area contributed by atoms with Crippen LogP contribution in [0.3, 0.4) is 0 Å². The van der Waals surface area contributed by atoms with Crippen LogP contribution in [0.1, 0.15) is 21.1 Å². The molecule has 0 aliphatic carbocycles. The van der Waals surface area contributed by atoms with Crippen LogP contribution in [0.15, 0.2) is 29.3 Å². The van der Waals surface area contributed by atoms with Crippen molar-refractivity contribution < 1.29 is 4.92 Å². The minimum absolute atomic E-state index is 0. The number of aryl methyl sites for hydroxylation is 2. The highest BCUT2D eigenvalue weighted by Gasteiger charge is 2.07. The molecule has 2 aromatic rings. The van der Waals surface area contributed by atoms with E-state index in [1.807, 2.05) is 13.8 Å². The van der Waals surface area contributed by atoms with Crippen LogP contribution < -0.4 is 10.6 Å². The third kappa shape index (κ3) is 5.71. The highest BCUT2D eigenvalue weighted by molar-refractivity contribution is 14.0. The van der Waals surface area contributed by atoms with Crippen LogP contribution in [-0.2, 0) is 13.1 Å². The molecule has 0 aliphatic rings. The summed E-state index contributed by atoms with van der Waals surface area (Å²) < 4.78 is 0. The molecule has 0 saturated carbocycles. The monoisotopic (exact) mass is 461 g/mol. The van der Waals surface area contributed by atoms with Gasteiger partial charge >= 0.3 is 0 Å². The Hall–Kier alpha value is -1.75. The van der Waals surface area contributed by atoms with Gasteiger partial charge in [-0.2, -0.15) is 0 Å². The number of rotatable bonds is 5. The fourth-order valence-corrected chi connectivity index (χ4v) is 2.92. The molecule has 2 N–H and O–H groups in total. The number of non-ortho nitro benzene ring substituents is 1. The third-order valence-corrected chi connectivity index (χ3v) is 4.32. The number of nitro benzene ring substituents is 1. The second kappa shape index (κ2) is 9.52. The standard InChI is InChI=1S/C15H19N5O2S.HI/c1-10-14(23-11(2)19-10)9-18-15(16-3)17-8-12-4-6-13(7-5-12)20(21)22;/h4-7H,8-9H2,1-3H3,(H2,16,17,18);1H. The number of halogens is 1. The Morgan fingerprint density at radius 2 is 1.88 bits per heavy atom. The molecule has 0 unspecified atom stereocenters. The number of nitrogens with one attached hydrogen (secondary N) is 2. The molecule has 24 heavy (non-hydrogen) atoms. The van der Waals surface area contributed by atoms with Crippen LogP contribution in [0.5, 0.6) is 0 Å². The van der Waals surface area contributed by atoms with Crippen LogP contribution in [0.2, 0.25) is 0 Å². The van der Waals surface area contributed by atoms with E-state index in [1.54, 1.807) is 30.5 Å². The summed E-state index contributed by atoms with van der Waals surface area (Å²) >= 11 is 1.67. The Morgan fingerprint density at radius 3 is 2.38 bits per heavy atom. The average Bonchev–Trinajstić information content (AvgIpc) is 2.85. The number of aliphatic imine (C=N–C) groups is 1. The molecule has 0 amide bonds. The van der Waals surface area contributed by atoms with Crippen molar-refractivity contribution in [2.75, 3.05) is 7.05 Å². The molecule has 1 heterocycles. The van der Waals surface area contributed by atoms with Crippen LogP contribution in [-0.4, -0.2) is 22.9 Å². The number of benzene rings is 1. The molecule has 0 aliphatic heterocycles. The lowest BCUT2D eigenvalue weighted by molar-refractivity contribution is -0.384. The van der Waals surface area contributed by atoms with Crippen molar-refractivity contribution in [3.8, 4) is 0 Å². The first-order chi connectivity index (χ1) is 11.0. The van der Waals surface area contributed by atoms with Crippen LogP contribution in [0.25, 0.3) is 0 Å². The van der Waals surface area contributed by atoms with E-state index in [4.69, 9.17) is 0 Å². The summed E-state index contributed by atoms with van der Waals surface area (Å²) in [6, 6.07) is 6.46. The Morgan fingerprint density at radius 1 is 1.25 bits per heavy atom. The molecule has 0 radical (unpaired) electrons. The van der Waals surface area contributed by atoms with Crippen molar-refractivity contribution in [2.24, 2.45) is 4.99 Å². The smallest absolute Gasteiger partial charge is 0.269 e. The summed E-state index contributed by atoms with van der Waals surface area (Å²) in [5.41, 5.74) is 2.07. The second-order valence-corrected chi connectivity index (χ2v) is 6.23. The van der Waals surface area contributed by atoms with Gasteiger partial charge in [-0.1, -0.05) is 12.1 Å². The number of thiazole rings is 1. The van der Waals surface area contributed by atoms with Crippen molar-refractivity contribution in [3.63, 3.8) is 0 Å². The SMILES string of the molecule is CN=C(NCc1ccc([N+](=O)[O-])cc1)NCc1sc(C)nc1C.I. The zero-order valence-electron chi connectivity index (χ0n) is 13.7. The minimum atomic E-state index is -0.406. The normalized spacial score (nSPS) is 10.9. The predicted octanol–water partition coefficient (Wildman–Crippen LogP) is 3.15. The first-order valence-electron chi connectivity index (χ1n) is 7.10. The largest absolute Gasteiger partial charge is 0.352 e. The first-order valence-corrected chi connectivity index (χ1v) is 7.92. The van der Waals surface area contributed by atoms with Gasteiger partial charge in [0.1, 0.15) is 0 Å². The van der Waals surface area contributed by atoms with E-state index in [0.29, 0.717) is 19.0 Å². The molecule has 9 heteroatoms. The maximum atomic E-state index is 10.6. The number of hydrogen-bond acceptors (Lipinski definition) is 5. The quantitative estimate of drug-likeness (QED) is 0.235. The van der Waals surface area contributed by atoms with E-state index in [2.05, 4.69) is 20.6 Å². The summed E-state index contributed by atoms with van der Waals surface area (Å²) in [7, 11) is 1.70. The minimum Gasteiger partial charge on any atom is -0.352 e. The fourth-order valence-electron chi connectivity index (χ4n) is 2.04. The summed E-state index contributed by atoms with van der Waals surface area (Å²) in [5.74, 6) is 0.675. The van der Waals surface area contributed by atoms with E-state index in [-0.39, 0.29) is 29.7 Å². The molecule has 130 valence electrons. The predicted molar refractivity (Wildman–Crippen MR) is 107 cm³/mol. The molecule has 7 nitrogen and oxygen atoms in total. The van der Waals surface area contributed by atoms with Crippen molar-refractivity contribution in [1.29, 1.82) is 0 Å². The maximum Gasteiger partial charge on any atom is 0.269 e. The number of guanidine groups is 1. The van der Waals surface area contributed by atoms with E-state index in [9.17, 15) is 10.1 Å². The fraction of sp³-hybridized carbons (Fsp3) is 0.333. The van der Waals surface area contributed by atoms with Crippen molar-refractivity contribution in [2.45, 2.75) is 26.9 Å². The molecule has 1 aromatic carbocycles. The molecular weight excluding hydrogens is 441 g/mol. The molecule has 0 saturated heterocycles. The Labute approximate surface area is 161 Å². The van der Waals surface area contributed by atoms with Gasteiger partial charge in [0.25, 0.3) is 5.69 Å². The van der Waals surface area contributed by atoms with Gasteiger partial charge in [0, 0.05) is 30.6 Å². The van der Waals surface area contributed by atoms with E-state index in [1.165, 1.54) is 17.0 Å². The van der Waals surface area contributed by atoms with E-state index >= 15 is 0 Å².